The summed E-state index contributed by atoms with van der Waals surface area (Å²) in [4.78, 5) is 12.9. The van der Waals surface area contributed by atoms with Crippen molar-refractivity contribution in [1.29, 1.82) is 0 Å². The molecule has 0 spiro atoms. The molecule has 0 amide bonds. The molecule has 0 aliphatic heterocycles. The maximum Gasteiger partial charge on any atom is 0.192 e. The van der Waals surface area contributed by atoms with Crippen molar-refractivity contribution in [1.82, 2.24) is 0 Å². The minimum atomic E-state index is -1.91. The number of allylic oxidation sites excluding steroid dienone is 1. The van der Waals surface area contributed by atoms with Gasteiger partial charge in [-0.05, 0) is 43.3 Å². The van der Waals surface area contributed by atoms with Crippen LogP contribution in [-0.4, -0.2) is 26.1 Å². The Bertz CT molecular complexity index is 539. The lowest BCUT2D eigenvalue weighted by Crippen LogP contribution is -2.46. The van der Waals surface area contributed by atoms with Crippen molar-refractivity contribution >= 4 is 25.7 Å². The normalized spacial score (nSPS) is 26.2. The summed E-state index contributed by atoms with van der Waals surface area (Å²) in [7, 11) is -1.91. The topological polar surface area (TPSA) is 26.3 Å². The number of Topliss-reactive ketones (excluding diaryl/α,β-unsaturated/α-hetero) is 1. The van der Waals surface area contributed by atoms with Gasteiger partial charge in [0.25, 0.3) is 0 Å². The van der Waals surface area contributed by atoms with Crippen LogP contribution in [-0.2, 0) is 9.22 Å². The van der Waals surface area contributed by atoms with Gasteiger partial charge in [0.15, 0.2) is 14.1 Å². The number of carbonyl (C=O) groups excluding carboxylic acids is 1. The zero-order valence-electron chi connectivity index (χ0n) is 17.3. The van der Waals surface area contributed by atoms with E-state index in [0.717, 1.165) is 18.4 Å². The Morgan fingerprint density at radius 1 is 1.24 bits per heavy atom. The molecule has 0 aromatic rings. The van der Waals surface area contributed by atoms with Crippen molar-refractivity contribution in [2.24, 2.45) is 11.3 Å². The summed E-state index contributed by atoms with van der Waals surface area (Å²) in [5.74, 6) is 0.972. The molecule has 0 aromatic heterocycles. The van der Waals surface area contributed by atoms with Crippen LogP contribution in [0.2, 0.25) is 18.1 Å². The maximum absolute atomic E-state index is 12.9. The van der Waals surface area contributed by atoms with Crippen molar-refractivity contribution in [2.45, 2.75) is 97.4 Å². The molecule has 0 bridgehead atoms. The molecule has 0 N–H and O–H groups in total. The van der Waals surface area contributed by atoms with Crippen molar-refractivity contribution < 1.29 is 9.22 Å². The average molecular weight is 385 g/mol. The standard InChI is InChI=1S/C21H37ClO2Si/c1-15-16(18(14-22)24-25(6,7)20(2,3)4)13-17(23)19(15)21(5)11-9-8-10-12-21/h16,18H,8-14H2,1-7H3/t16-,18?/m1/s1. The zero-order chi connectivity index (χ0) is 19.0. The van der Waals surface area contributed by atoms with Crippen LogP contribution in [0.25, 0.3) is 0 Å². The van der Waals surface area contributed by atoms with Gasteiger partial charge >= 0.3 is 0 Å². The monoisotopic (exact) mass is 384 g/mol. The van der Waals surface area contributed by atoms with E-state index in [-0.39, 0.29) is 22.5 Å². The predicted octanol–water partition coefficient (Wildman–Crippen LogP) is 6.49. The van der Waals surface area contributed by atoms with Gasteiger partial charge in [0.05, 0.1) is 6.10 Å². The smallest absolute Gasteiger partial charge is 0.192 e. The first-order valence-corrected chi connectivity index (χ1v) is 13.4. The van der Waals surface area contributed by atoms with Gasteiger partial charge in [0, 0.05) is 23.8 Å². The number of rotatable bonds is 5. The minimum Gasteiger partial charge on any atom is -0.412 e. The zero-order valence-corrected chi connectivity index (χ0v) is 19.1. The van der Waals surface area contributed by atoms with Gasteiger partial charge in [0.2, 0.25) is 0 Å². The Hall–Kier alpha value is -0.123. The lowest BCUT2D eigenvalue weighted by molar-refractivity contribution is -0.116. The highest BCUT2D eigenvalue weighted by molar-refractivity contribution is 6.74. The van der Waals surface area contributed by atoms with Gasteiger partial charge in [-0.2, -0.15) is 0 Å². The third kappa shape index (κ3) is 4.25. The van der Waals surface area contributed by atoms with Crippen LogP contribution in [0.5, 0.6) is 0 Å². The molecule has 0 heterocycles. The second-order valence-electron chi connectivity index (χ2n) is 9.98. The number of alkyl halides is 1. The number of halogens is 1. The van der Waals surface area contributed by atoms with Gasteiger partial charge < -0.3 is 4.43 Å². The Kier molecular flexibility index (Phi) is 6.34. The summed E-state index contributed by atoms with van der Waals surface area (Å²) >= 11 is 6.35. The summed E-state index contributed by atoms with van der Waals surface area (Å²) in [6, 6.07) is 0. The molecule has 0 saturated heterocycles. The lowest BCUT2D eigenvalue weighted by Gasteiger charge is -2.40. The molecule has 2 rings (SSSR count). The second-order valence-corrected chi connectivity index (χ2v) is 15.0. The van der Waals surface area contributed by atoms with Gasteiger partial charge in [-0.1, -0.05) is 52.5 Å². The van der Waals surface area contributed by atoms with Crippen LogP contribution < -0.4 is 0 Å². The lowest BCUT2D eigenvalue weighted by atomic mass is 9.69. The predicted molar refractivity (Wildman–Crippen MR) is 110 cm³/mol. The summed E-state index contributed by atoms with van der Waals surface area (Å²) < 4.78 is 6.64. The van der Waals surface area contributed by atoms with E-state index in [2.05, 4.69) is 47.7 Å². The molecular formula is C21H37ClO2Si. The van der Waals surface area contributed by atoms with Gasteiger partial charge in [-0.25, -0.2) is 0 Å². The molecule has 4 heteroatoms. The van der Waals surface area contributed by atoms with Gasteiger partial charge in [0.1, 0.15) is 0 Å². The highest BCUT2D eigenvalue weighted by Crippen LogP contribution is 2.49. The number of hydrogen-bond acceptors (Lipinski definition) is 2. The molecule has 144 valence electrons. The van der Waals surface area contributed by atoms with Crippen molar-refractivity contribution in [3.05, 3.63) is 11.1 Å². The van der Waals surface area contributed by atoms with E-state index < -0.39 is 8.32 Å². The highest BCUT2D eigenvalue weighted by Gasteiger charge is 2.46. The molecule has 2 nitrogen and oxygen atoms in total. The van der Waals surface area contributed by atoms with Crippen LogP contribution in [0, 0.1) is 11.3 Å². The van der Waals surface area contributed by atoms with Crippen LogP contribution >= 0.6 is 11.6 Å². The molecule has 0 radical (unpaired) electrons. The van der Waals surface area contributed by atoms with E-state index >= 15 is 0 Å². The summed E-state index contributed by atoms with van der Waals surface area (Å²) in [5, 5.41) is 0.149. The van der Waals surface area contributed by atoms with E-state index in [1.54, 1.807) is 0 Å². The highest BCUT2D eigenvalue weighted by atomic mass is 35.5. The summed E-state index contributed by atoms with van der Waals surface area (Å²) in [6.45, 7) is 15.8. The summed E-state index contributed by atoms with van der Waals surface area (Å²) in [6.07, 6.45) is 6.62. The van der Waals surface area contributed by atoms with Crippen molar-refractivity contribution in [3.8, 4) is 0 Å². The molecule has 2 aliphatic carbocycles. The third-order valence-corrected chi connectivity index (χ3v) is 11.9. The fraction of sp³-hybridized carbons (Fsp3) is 0.857. The second kappa shape index (κ2) is 7.48. The molecular weight excluding hydrogens is 348 g/mol. The average Bonchev–Trinajstić information content (AvgIpc) is 2.79. The van der Waals surface area contributed by atoms with Crippen LogP contribution in [0.3, 0.4) is 0 Å². The molecule has 25 heavy (non-hydrogen) atoms. The molecule has 2 aliphatic rings. The fourth-order valence-electron chi connectivity index (χ4n) is 4.44. The van der Waals surface area contributed by atoms with Crippen LogP contribution in [0.4, 0.5) is 0 Å². The van der Waals surface area contributed by atoms with Gasteiger partial charge in [-0.3, -0.25) is 4.79 Å². The fourth-order valence-corrected chi connectivity index (χ4v) is 6.18. The van der Waals surface area contributed by atoms with E-state index in [1.807, 2.05) is 0 Å². The molecule has 2 atom stereocenters. The van der Waals surface area contributed by atoms with Gasteiger partial charge in [-0.15, -0.1) is 11.6 Å². The molecule has 0 aromatic carbocycles. The molecule has 1 fully saturated rings. The SMILES string of the molecule is CC1=C(C2(C)CCCCC2)C(=O)C[C@H]1C(CCl)O[Si](C)(C)C(C)(C)C. The van der Waals surface area contributed by atoms with E-state index in [9.17, 15) is 4.79 Å². The van der Waals surface area contributed by atoms with E-state index in [0.29, 0.717) is 18.1 Å². The Morgan fingerprint density at radius 2 is 1.80 bits per heavy atom. The quantitative estimate of drug-likeness (QED) is 0.399. The number of ketones is 1. The molecule has 1 unspecified atom stereocenters. The summed E-state index contributed by atoms with van der Waals surface area (Å²) in [5.41, 5.74) is 2.45. The first-order chi connectivity index (χ1) is 11.4. The minimum absolute atomic E-state index is 0.0452. The Balaban J connectivity index is 2.28. The largest absolute Gasteiger partial charge is 0.412 e. The number of carbonyl (C=O) groups is 1. The van der Waals surface area contributed by atoms with E-state index in [4.69, 9.17) is 16.0 Å². The number of hydrogen-bond donors (Lipinski definition) is 0. The van der Waals surface area contributed by atoms with Crippen LogP contribution in [0.15, 0.2) is 11.1 Å². The van der Waals surface area contributed by atoms with Crippen molar-refractivity contribution in [2.75, 3.05) is 5.88 Å². The molecule has 1 saturated carbocycles. The van der Waals surface area contributed by atoms with Crippen molar-refractivity contribution in [3.63, 3.8) is 0 Å². The van der Waals surface area contributed by atoms with Crippen LogP contribution in [0.1, 0.15) is 73.1 Å². The first kappa shape index (κ1) is 21.2. The maximum atomic E-state index is 12.9. The Morgan fingerprint density at radius 3 is 2.28 bits per heavy atom. The third-order valence-electron chi connectivity index (χ3n) is 7.05. The Labute approximate surface area is 160 Å². The van der Waals surface area contributed by atoms with E-state index in [1.165, 1.54) is 24.8 Å². The first-order valence-electron chi connectivity index (χ1n) is 9.91.